The number of carbonyl (C=O) groups is 2. The molecular weight excluding hydrogens is 282 g/mol. The van der Waals surface area contributed by atoms with Gasteiger partial charge in [-0.05, 0) is 19.3 Å². The van der Waals surface area contributed by atoms with Crippen molar-refractivity contribution in [2.75, 3.05) is 26.2 Å². The van der Waals surface area contributed by atoms with Gasteiger partial charge in [0, 0.05) is 25.7 Å². The average Bonchev–Trinajstić information content (AvgIpc) is 2.47. The summed E-state index contributed by atoms with van der Waals surface area (Å²) in [7, 11) is 0. The lowest BCUT2D eigenvalue weighted by Gasteiger charge is -2.39. The number of morpholine rings is 1. The van der Waals surface area contributed by atoms with E-state index >= 15 is 0 Å². The van der Waals surface area contributed by atoms with Crippen LogP contribution in [0.2, 0.25) is 0 Å². The van der Waals surface area contributed by atoms with Crippen LogP contribution in [0.1, 0.15) is 51.4 Å². The molecule has 6 nitrogen and oxygen atoms in total. The highest BCUT2D eigenvalue weighted by molar-refractivity contribution is 6.34. The lowest BCUT2D eigenvalue weighted by atomic mass is 9.95. The highest BCUT2D eigenvalue weighted by atomic mass is 16.5. The van der Waals surface area contributed by atoms with Crippen molar-refractivity contribution in [1.82, 2.24) is 10.2 Å². The number of amides is 2. The van der Waals surface area contributed by atoms with Gasteiger partial charge >= 0.3 is 11.8 Å². The Hall–Kier alpha value is -1.14. The first-order chi connectivity index (χ1) is 10.7. The second kappa shape index (κ2) is 9.10. The predicted molar refractivity (Wildman–Crippen MR) is 84.2 cm³/mol. The van der Waals surface area contributed by atoms with Crippen molar-refractivity contribution in [2.45, 2.75) is 63.5 Å². The first-order valence-electron chi connectivity index (χ1n) is 8.60. The molecule has 0 unspecified atom stereocenters. The molecule has 2 rings (SSSR count). The van der Waals surface area contributed by atoms with E-state index in [1.54, 1.807) is 0 Å². The maximum atomic E-state index is 11.1. The Morgan fingerprint density at radius 1 is 1.14 bits per heavy atom. The molecule has 1 atom stereocenters. The number of nitrogens with two attached hydrogens (primary N) is 1. The summed E-state index contributed by atoms with van der Waals surface area (Å²) >= 11 is 0. The fourth-order valence-electron chi connectivity index (χ4n) is 3.48. The van der Waals surface area contributed by atoms with Gasteiger partial charge in [0.1, 0.15) is 0 Å². The molecule has 1 aliphatic carbocycles. The van der Waals surface area contributed by atoms with Gasteiger partial charge in [0.15, 0.2) is 0 Å². The third-order valence-electron chi connectivity index (χ3n) is 4.74. The topological polar surface area (TPSA) is 84.7 Å². The van der Waals surface area contributed by atoms with E-state index in [1.165, 1.54) is 44.9 Å². The molecule has 1 aliphatic heterocycles. The van der Waals surface area contributed by atoms with Gasteiger partial charge in [-0.15, -0.1) is 0 Å². The molecule has 2 aliphatic rings. The average molecular weight is 311 g/mol. The third kappa shape index (κ3) is 5.57. The minimum absolute atomic E-state index is 0.132. The minimum atomic E-state index is -0.930. The number of hydrogen-bond donors (Lipinski definition) is 2. The monoisotopic (exact) mass is 311 g/mol. The number of carbonyl (C=O) groups excluding carboxylic acids is 2. The molecule has 6 heteroatoms. The summed E-state index contributed by atoms with van der Waals surface area (Å²) in [6.45, 7) is 3.13. The number of nitrogens with zero attached hydrogens (tertiary/aromatic N) is 1. The lowest BCUT2D eigenvalue weighted by Crippen LogP contribution is -2.48. The van der Waals surface area contributed by atoms with E-state index in [0.717, 1.165) is 26.1 Å². The molecule has 1 heterocycles. The maximum Gasteiger partial charge on any atom is 0.309 e. The van der Waals surface area contributed by atoms with Gasteiger partial charge in [-0.25, -0.2) is 0 Å². The molecule has 0 aromatic heterocycles. The van der Waals surface area contributed by atoms with Crippen LogP contribution in [0.4, 0.5) is 0 Å². The number of ether oxygens (including phenoxy) is 1. The summed E-state index contributed by atoms with van der Waals surface area (Å²) < 4.78 is 5.79. The van der Waals surface area contributed by atoms with Crippen molar-refractivity contribution in [3.8, 4) is 0 Å². The molecule has 2 amide bonds. The lowest BCUT2D eigenvalue weighted by molar-refractivity contribution is -0.137. The molecule has 0 radical (unpaired) electrons. The summed E-state index contributed by atoms with van der Waals surface area (Å²) in [6.07, 6.45) is 10.2. The molecule has 0 bridgehead atoms. The van der Waals surface area contributed by atoms with E-state index in [4.69, 9.17) is 10.5 Å². The van der Waals surface area contributed by atoms with Crippen LogP contribution in [-0.4, -0.2) is 55.1 Å². The van der Waals surface area contributed by atoms with Crippen LogP contribution in [0.15, 0.2) is 0 Å². The second-order valence-corrected chi connectivity index (χ2v) is 6.40. The third-order valence-corrected chi connectivity index (χ3v) is 4.74. The second-order valence-electron chi connectivity index (χ2n) is 6.40. The number of hydrogen-bond acceptors (Lipinski definition) is 4. The van der Waals surface area contributed by atoms with Crippen LogP contribution in [0, 0.1) is 0 Å². The van der Waals surface area contributed by atoms with Crippen LogP contribution >= 0.6 is 0 Å². The Morgan fingerprint density at radius 2 is 1.82 bits per heavy atom. The van der Waals surface area contributed by atoms with Crippen molar-refractivity contribution in [1.29, 1.82) is 0 Å². The molecule has 3 N–H and O–H groups in total. The summed E-state index contributed by atoms with van der Waals surface area (Å²) in [5, 5.41) is 2.53. The van der Waals surface area contributed by atoms with E-state index in [0.29, 0.717) is 12.6 Å². The van der Waals surface area contributed by atoms with Crippen molar-refractivity contribution in [3.63, 3.8) is 0 Å². The van der Waals surface area contributed by atoms with Crippen molar-refractivity contribution in [3.05, 3.63) is 0 Å². The zero-order valence-corrected chi connectivity index (χ0v) is 13.4. The molecule has 1 saturated heterocycles. The zero-order chi connectivity index (χ0) is 15.8. The van der Waals surface area contributed by atoms with E-state index in [1.807, 2.05) is 0 Å². The fourth-order valence-corrected chi connectivity index (χ4v) is 3.48. The van der Waals surface area contributed by atoms with Gasteiger partial charge in [0.05, 0.1) is 12.7 Å². The van der Waals surface area contributed by atoms with Gasteiger partial charge in [0.2, 0.25) is 0 Å². The minimum Gasteiger partial charge on any atom is -0.375 e. The van der Waals surface area contributed by atoms with E-state index < -0.39 is 11.8 Å². The Morgan fingerprint density at radius 3 is 2.50 bits per heavy atom. The first-order valence-corrected chi connectivity index (χ1v) is 8.60. The van der Waals surface area contributed by atoms with Gasteiger partial charge in [0.25, 0.3) is 0 Å². The van der Waals surface area contributed by atoms with Crippen LogP contribution < -0.4 is 11.1 Å². The summed E-state index contributed by atoms with van der Waals surface area (Å²) in [6, 6.07) is 0.687. The summed E-state index contributed by atoms with van der Waals surface area (Å²) in [4.78, 5) is 24.4. The van der Waals surface area contributed by atoms with E-state index in [9.17, 15) is 9.59 Å². The van der Waals surface area contributed by atoms with Gasteiger partial charge in [-0.2, -0.15) is 0 Å². The molecule has 0 aromatic carbocycles. The van der Waals surface area contributed by atoms with Crippen molar-refractivity contribution in [2.24, 2.45) is 5.73 Å². The molecule has 0 spiro atoms. The molecule has 2 fully saturated rings. The predicted octanol–water partition coefficient (Wildman–Crippen LogP) is 0.792. The SMILES string of the molecule is NC(=O)C(=O)NCC[C@@H]1CN(C2CCCCCCC2)CCO1. The van der Waals surface area contributed by atoms with Gasteiger partial charge in [-0.1, -0.05) is 32.1 Å². The smallest absolute Gasteiger partial charge is 0.309 e. The highest BCUT2D eigenvalue weighted by Gasteiger charge is 2.26. The molecule has 0 aromatic rings. The highest BCUT2D eigenvalue weighted by Crippen LogP contribution is 2.23. The molecule has 22 heavy (non-hydrogen) atoms. The van der Waals surface area contributed by atoms with Gasteiger partial charge in [-0.3, -0.25) is 14.5 Å². The van der Waals surface area contributed by atoms with Crippen LogP contribution in [-0.2, 0) is 14.3 Å². The van der Waals surface area contributed by atoms with Crippen molar-refractivity contribution < 1.29 is 14.3 Å². The Balaban J connectivity index is 1.73. The largest absolute Gasteiger partial charge is 0.375 e. The standard InChI is InChI=1S/C16H29N3O3/c17-15(20)16(21)18-9-8-14-12-19(10-11-22-14)13-6-4-2-1-3-5-7-13/h13-14H,1-12H2,(H2,17,20)(H,18,21)/t14-/m1/s1. The van der Waals surface area contributed by atoms with E-state index in [-0.39, 0.29) is 6.10 Å². The van der Waals surface area contributed by atoms with Gasteiger partial charge < -0.3 is 15.8 Å². The quantitative estimate of drug-likeness (QED) is 0.752. The normalized spacial score (nSPS) is 25.2. The fraction of sp³-hybridized carbons (Fsp3) is 0.875. The number of rotatable bonds is 4. The molecule has 1 saturated carbocycles. The Kier molecular flexibility index (Phi) is 7.12. The van der Waals surface area contributed by atoms with Crippen LogP contribution in [0.25, 0.3) is 0 Å². The van der Waals surface area contributed by atoms with Crippen LogP contribution in [0.3, 0.4) is 0 Å². The van der Waals surface area contributed by atoms with E-state index in [2.05, 4.69) is 10.2 Å². The van der Waals surface area contributed by atoms with Crippen molar-refractivity contribution >= 4 is 11.8 Å². The molecule has 126 valence electrons. The number of primary amides is 1. The zero-order valence-electron chi connectivity index (χ0n) is 13.4. The maximum absolute atomic E-state index is 11.1. The Bertz CT molecular complexity index is 368. The molecular formula is C16H29N3O3. The summed E-state index contributed by atoms with van der Waals surface area (Å²) in [5.74, 6) is -1.65. The first kappa shape index (κ1) is 17.2. The Labute approximate surface area is 132 Å². The van der Waals surface area contributed by atoms with Crippen LogP contribution in [0.5, 0.6) is 0 Å². The number of nitrogens with one attached hydrogen (secondary N) is 1. The summed E-state index contributed by atoms with van der Waals surface area (Å²) in [5.41, 5.74) is 4.91.